The van der Waals surface area contributed by atoms with Gasteiger partial charge in [0.1, 0.15) is 0 Å². The third kappa shape index (κ3) is 3.88. The number of halogens is 1. The Morgan fingerprint density at radius 1 is 1.36 bits per heavy atom. The van der Waals surface area contributed by atoms with Crippen molar-refractivity contribution in [1.29, 1.82) is 0 Å². The van der Waals surface area contributed by atoms with E-state index in [1.807, 2.05) is 37.8 Å². The molecule has 1 aliphatic heterocycles. The lowest BCUT2D eigenvalue weighted by atomic mass is 9.99. The molecule has 1 atom stereocenters. The van der Waals surface area contributed by atoms with E-state index in [9.17, 15) is 0 Å². The lowest BCUT2D eigenvalue weighted by Gasteiger charge is -2.23. The first-order chi connectivity index (χ1) is 10.7. The number of nitrogens with zero attached hydrogens (tertiary/aromatic N) is 3. The Balaban J connectivity index is 1.65. The van der Waals surface area contributed by atoms with Crippen molar-refractivity contribution in [3.63, 3.8) is 0 Å². The van der Waals surface area contributed by atoms with E-state index in [0.717, 1.165) is 44.3 Å². The van der Waals surface area contributed by atoms with Crippen LogP contribution in [-0.4, -0.2) is 40.8 Å². The van der Waals surface area contributed by atoms with Gasteiger partial charge in [-0.3, -0.25) is 4.90 Å². The monoisotopic (exact) mass is 319 g/mol. The van der Waals surface area contributed by atoms with Gasteiger partial charge in [-0.1, -0.05) is 29.8 Å². The molecule has 4 nitrogen and oxygen atoms in total. The fourth-order valence-electron chi connectivity index (χ4n) is 2.96. The van der Waals surface area contributed by atoms with Crippen LogP contribution in [0.4, 0.5) is 0 Å². The Morgan fingerprint density at radius 2 is 2.23 bits per heavy atom. The maximum atomic E-state index is 6.29. The van der Waals surface area contributed by atoms with Crippen molar-refractivity contribution in [2.24, 2.45) is 13.0 Å². The summed E-state index contributed by atoms with van der Waals surface area (Å²) in [5.41, 5.74) is 2.44. The van der Waals surface area contributed by atoms with Gasteiger partial charge in [-0.25, -0.2) is 4.98 Å². The number of ether oxygens (including phenoxy) is 1. The molecule has 1 aromatic carbocycles. The highest BCUT2D eigenvalue weighted by molar-refractivity contribution is 6.31. The number of hydrogen-bond donors (Lipinski definition) is 0. The van der Waals surface area contributed by atoms with E-state index < -0.39 is 0 Å². The Morgan fingerprint density at radius 3 is 3.00 bits per heavy atom. The van der Waals surface area contributed by atoms with Crippen LogP contribution in [0, 0.1) is 5.92 Å². The molecule has 0 bridgehead atoms. The van der Waals surface area contributed by atoms with Crippen LogP contribution in [0.25, 0.3) is 0 Å². The maximum Gasteiger partial charge on any atom is 0.0945 e. The van der Waals surface area contributed by atoms with Gasteiger partial charge in [0.15, 0.2) is 0 Å². The highest BCUT2D eigenvalue weighted by atomic mass is 35.5. The predicted octanol–water partition coefficient (Wildman–Crippen LogP) is 2.76. The molecule has 1 aromatic heterocycles. The summed E-state index contributed by atoms with van der Waals surface area (Å²) in [6, 6.07) is 8.09. The van der Waals surface area contributed by atoms with Gasteiger partial charge >= 0.3 is 0 Å². The molecule has 0 radical (unpaired) electrons. The SMILES string of the molecule is Cn1cncc1CN1CCOCC(Cc2ccccc2Cl)C1. The molecule has 0 saturated carbocycles. The summed E-state index contributed by atoms with van der Waals surface area (Å²) in [5, 5.41) is 0.852. The first kappa shape index (κ1) is 15.5. The molecule has 3 rings (SSSR count). The third-order valence-electron chi connectivity index (χ3n) is 4.19. The van der Waals surface area contributed by atoms with Crippen molar-refractivity contribution in [3.05, 3.63) is 53.1 Å². The zero-order valence-electron chi connectivity index (χ0n) is 12.9. The van der Waals surface area contributed by atoms with E-state index in [1.165, 1.54) is 11.3 Å². The minimum atomic E-state index is 0.468. The summed E-state index contributed by atoms with van der Waals surface area (Å²) in [7, 11) is 2.04. The van der Waals surface area contributed by atoms with Crippen LogP contribution in [0.1, 0.15) is 11.3 Å². The van der Waals surface area contributed by atoms with Gasteiger partial charge in [0, 0.05) is 37.9 Å². The van der Waals surface area contributed by atoms with E-state index in [4.69, 9.17) is 16.3 Å². The van der Waals surface area contributed by atoms with Gasteiger partial charge in [-0.15, -0.1) is 0 Å². The molecule has 0 N–H and O–H groups in total. The predicted molar refractivity (Wildman–Crippen MR) is 88.0 cm³/mol. The Labute approximate surface area is 136 Å². The third-order valence-corrected chi connectivity index (χ3v) is 4.56. The lowest BCUT2D eigenvalue weighted by molar-refractivity contribution is 0.121. The highest BCUT2D eigenvalue weighted by Gasteiger charge is 2.20. The Kier molecular flexibility index (Phi) is 5.13. The van der Waals surface area contributed by atoms with Crippen molar-refractivity contribution in [2.75, 3.05) is 26.3 Å². The molecule has 22 heavy (non-hydrogen) atoms. The quantitative estimate of drug-likeness (QED) is 0.868. The normalized spacial score (nSPS) is 20.0. The van der Waals surface area contributed by atoms with Crippen LogP contribution < -0.4 is 0 Å². The van der Waals surface area contributed by atoms with E-state index in [0.29, 0.717) is 5.92 Å². The van der Waals surface area contributed by atoms with Crippen LogP contribution in [-0.2, 0) is 24.8 Å². The van der Waals surface area contributed by atoms with Gasteiger partial charge in [0.2, 0.25) is 0 Å². The largest absolute Gasteiger partial charge is 0.380 e. The van der Waals surface area contributed by atoms with Crippen LogP contribution in [0.3, 0.4) is 0 Å². The number of aromatic nitrogens is 2. The second kappa shape index (κ2) is 7.27. The molecular formula is C17H22ClN3O. The summed E-state index contributed by atoms with van der Waals surface area (Å²) in [6.45, 7) is 4.49. The standard InChI is InChI=1S/C17H22ClN3O/c1-20-13-19-9-16(20)11-21-6-7-22-12-14(10-21)8-15-4-2-3-5-17(15)18/h2-5,9,13-14H,6-8,10-12H2,1H3. The van der Waals surface area contributed by atoms with E-state index >= 15 is 0 Å². The van der Waals surface area contributed by atoms with E-state index in [1.54, 1.807) is 0 Å². The van der Waals surface area contributed by atoms with Crippen molar-refractivity contribution in [2.45, 2.75) is 13.0 Å². The summed E-state index contributed by atoms with van der Waals surface area (Å²) >= 11 is 6.29. The maximum absolute atomic E-state index is 6.29. The zero-order valence-corrected chi connectivity index (χ0v) is 13.7. The molecule has 118 valence electrons. The number of imidazole rings is 1. The molecular weight excluding hydrogens is 298 g/mol. The van der Waals surface area contributed by atoms with Crippen LogP contribution in [0.2, 0.25) is 5.02 Å². The van der Waals surface area contributed by atoms with Crippen LogP contribution >= 0.6 is 11.6 Å². The first-order valence-electron chi connectivity index (χ1n) is 7.71. The molecule has 5 heteroatoms. The fraction of sp³-hybridized carbons (Fsp3) is 0.471. The molecule has 2 aromatic rings. The van der Waals surface area contributed by atoms with Gasteiger partial charge in [0.05, 0.1) is 25.2 Å². The molecule has 2 heterocycles. The molecule has 0 spiro atoms. The van der Waals surface area contributed by atoms with Gasteiger partial charge in [-0.2, -0.15) is 0 Å². The van der Waals surface area contributed by atoms with Crippen LogP contribution in [0.5, 0.6) is 0 Å². The summed E-state index contributed by atoms with van der Waals surface area (Å²) < 4.78 is 7.87. The molecule has 1 fully saturated rings. The fourth-order valence-corrected chi connectivity index (χ4v) is 3.17. The second-order valence-electron chi connectivity index (χ2n) is 5.97. The van der Waals surface area contributed by atoms with E-state index in [2.05, 4.69) is 20.5 Å². The number of rotatable bonds is 4. The average molecular weight is 320 g/mol. The second-order valence-corrected chi connectivity index (χ2v) is 6.37. The molecule has 1 unspecified atom stereocenters. The molecule has 0 aliphatic carbocycles. The molecule has 0 amide bonds. The van der Waals surface area contributed by atoms with Gasteiger partial charge in [-0.05, 0) is 24.0 Å². The van der Waals surface area contributed by atoms with Crippen molar-refractivity contribution in [1.82, 2.24) is 14.5 Å². The average Bonchev–Trinajstić information content (AvgIpc) is 2.78. The van der Waals surface area contributed by atoms with E-state index in [-0.39, 0.29) is 0 Å². The smallest absolute Gasteiger partial charge is 0.0945 e. The highest BCUT2D eigenvalue weighted by Crippen LogP contribution is 2.21. The number of aryl methyl sites for hydroxylation is 1. The first-order valence-corrected chi connectivity index (χ1v) is 8.09. The van der Waals surface area contributed by atoms with Crippen molar-refractivity contribution < 1.29 is 4.74 Å². The molecule has 1 aliphatic rings. The molecule has 1 saturated heterocycles. The topological polar surface area (TPSA) is 30.3 Å². The summed E-state index contributed by atoms with van der Waals surface area (Å²) in [4.78, 5) is 6.65. The Hall–Kier alpha value is -1.36. The Bertz CT molecular complexity index is 613. The summed E-state index contributed by atoms with van der Waals surface area (Å²) in [6.07, 6.45) is 4.75. The minimum Gasteiger partial charge on any atom is -0.380 e. The zero-order chi connectivity index (χ0) is 15.4. The van der Waals surface area contributed by atoms with Gasteiger partial charge < -0.3 is 9.30 Å². The number of hydrogen-bond acceptors (Lipinski definition) is 3. The minimum absolute atomic E-state index is 0.468. The van der Waals surface area contributed by atoms with Crippen molar-refractivity contribution >= 4 is 11.6 Å². The number of benzene rings is 1. The lowest BCUT2D eigenvalue weighted by Crippen LogP contribution is -2.31. The van der Waals surface area contributed by atoms with Gasteiger partial charge in [0.25, 0.3) is 0 Å². The van der Waals surface area contributed by atoms with Crippen molar-refractivity contribution in [3.8, 4) is 0 Å². The van der Waals surface area contributed by atoms with Crippen LogP contribution in [0.15, 0.2) is 36.8 Å². The summed E-state index contributed by atoms with van der Waals surface area (Å²) in [5.74, 6) is 0.468.